The van der Waals surface area contributed by atoms with E-state index < -0.39 is 5.60 Å². The molecule has 2 aliphatic heterocycles. The number of nitrogens with zero attached hydrogens (tertiary/aromatic N) is 3. The molecule has 0 radical (unpaired) electrons. The molecule has 1 unspecified atom stereocenters. The molecule has 1 amide bonds. The molecule has 18 heavy (non-hydrogen) atoms. The number of ether oxygens (including phenoxy) is 1. The van der Waals surface area contributed by atoms with Crippen LogP contribution in [-0.2, 0) is 4.74 Å². The first-order valence-corrected chi connectivity index (χ1v) is 6.36. The Bertz CT molecular complexity index is 362. The molecule has 102 valence electrons. The van der Waals surface area contributed by atoms with Gasteiger partial charge in [0.25, 0.3) is 0 Å². The van der Waals surface area contributed by atoms with Crippen LogP contribution in [0.3, 0.4) is 0 Å². The average molecular weight is 254 g/mol. The Balaban J connectivity index is 1.94. The second-order valence-corrected chi connectivity index (χ2v) is 5.70. The normalized spacial score (nSPS) is 26.0. The Hall–Kier alpha value is -1.46. The van der Waals surface area contributed by atoms with E-state index in [1.165, 1.54) is 0 Å². The number of piperazine rings is 1. The highest BCUT2D eigenvalue weighted by Gasteiger charge is 2.36. The molecule has 2 rings (SSSR count). The minimum Gasteiger partial charge on any atom is -0.444 e. The Morgan fingerprint density at radius 3 is 2.78 bits per heavy atom. The zero-order valence-corrected chi connectivity index (χ0v) is 11.6. The molecule has 2 aliphatic rings. The van der Waals surface area contributed by atoms with Crippen molar-refractivity contribution in [3.63, 3.8) is 0 Å². The van der Waals surface area contributed by atoms with Gasteiger partial charge in [-0.05, 0) is 20.8 Å². The van der Waals surface area contributed by atoms with Crippen LogP contribution in [0.1, 0.15) is 20.8 Å². The van der Waals surface area contributed by atoms with E-state index in [1.54, 1.807) is 11.9 Å². The third-order valence-electron chi connectivity index (χ3n) is 3.11. The van der Waals surface area contributed by atoms with E-state index in [9.17, 15) is 4.79 Å². The molecule has 0 aliphatic carbocycles. The summed E-state index contributed by atoms with van der Waals surface area (Å²) >= 11 is 0. The highest BCUT2D eigenvalue weighted by atomic mass is 16.6. The van der Waals surface area contributed by atoms with Crippen molar-refractivity contribution >= 4 is 12.1 Å². The second-order valence-electron chi connectivity index (χ2n) is 5.70. The van der Waals surface area contributed by atoms with Gasteiger partial charge >= 0.3 is 6.09 Å². The first kappa shape index (κ1) is 13.0. The highest BCUT2D eigenvalue weighted by molar-refractivity contribution is 5.82. The molecule has 0 spiro atoms. The summed E-state index contributed by atoms with van der Waals surface area (Å²) in [6, 6.07) is 0.310. The summed E-state index contributed by atoms with van der Waals surface area (Å²) in [4.78, 5) is 20.2. The Morgan fingerprint density at radius 2 is 2.17 bits per heavy atom. The third-order valence-corrected chi connectivity index (χ3v) is 3.11. The molecule has 6 nitrogen and oxygen atoms in total. The molecule has 0 saturated carbocycles. The number of fused-ring (bicyclic) bond motifs is 1. The van der Waals surface area contributed by atoms with E-state index in [1.807, 2.05) is 20.8 Å². The van der Waals surface area contributed by atoms with Gasteiger partial charge in [-0.3, -0.25) is 4.99 Å². The van der Waals surface area contributed by atoms with Crippen molar-refractivity contribution in [1.82, 2.24) is 15.1 Å². The molecular formula is C12H22N4O2. The quantitative estimate of drug-likeness (QED) is 0.684. The fourth-order valence-electron chi connectivity index (χ4n) is 2.32. The SMILES string of the molecule is CN=C1NCC2CN(C(=O)OC(C)(C)C)CCN12. The maximum atomic E-state index is 12.0. The minimum atomic E-state index is -0.432. The Morgan fingerprint density at radius 1 is 1.44 bits per heavy atom. The molecule has 2 fully saturated rings. The first-order valence-electron chi connectivity index (χ1n) is 6.36. The molecular weight excluding hydrogens is 232 g/mol. The van der Waals surface area contributed by atoms with E-state index >= 15 is 0 Å². The van der Waals surface area contributed by atoms with Gasteiger partial charge in [0.05, 0.1) is 6.04 Å². The van der Waals surface area contributed by atoms with Crippen LogP contribution in [0.15, 0.2) is 4.99 Å². The average Bonchev–Trinajstić information content (AvgIpc) is 2.68. The van der Waals surface area contributed by atoms with Crippen LogP contribution in [-0.4, -0.2) is 66.7 Å². The van der Waals surface area contributed by atoms with E-state index in [-0.39, 0.29) is 6.09 Å². The van der Waals surface area contributed by atoms with Crippen LogP contribution in [0, 0.1) is 0 Å². The Kier molecular flexibility index (Phi) is 3.36. The van der Waals surface area contributed by atoms with Crippen LogP contribution in [0.25, 0.3) is 0 Å². The largest absolute Gasteiger partial charge is 0.444 e. The van der Waals surface area contributed by atoms with Gasteiger partial charge in [-0.1, -0.05) is 0 Å². The molecule has 0 aromatic rings. The van der Waals surface area contributed by atoms with E-state index in [0.717, 1.165) is 19.0 Å². The molecule has 0 bridgehead atoms. The van der Waals surface area contributed by atoms with Crippen molar-refractivity contribution < 1.29 is 9.53 Å². The number of amides is 1. The van der Waals surface area contributed by atoms with Gasteiger partial charge in [-0.15, -0.1) is 0 Å². The summed E-state index contributed by atoms with van der Waals surface area (Å²) in [5.74, 6) is 0.934. The lowest BCUT2D eigenvalue weighted by molar-refractivity contribution is 0.0142. The summed E-state index contributed by atoms with van der Waals surface area (Å²) < 4.78 is 5.40. The van der Waals surface area contributed by atoms with Gasteiger partial charge < -0.3 is 19.9 Å². The van der Waals surface area contributed by atoms with Crippen molar-refractivity contribution in [2.24, 2.45) is 4.99 Å². The lowest BCUT2D eigenvalue weighted by Crippen LogP contribution is -2.54. The fourth-order valence-corrected chi connectivity index (χ4v) is 2.32. The summed E-state index contributed by atoms with van der Waals surface area (Å²) in [5, 5.41) is 3.25. The monoisotopic (exact) mass is 254 g/mol. The lowest BCUT2D eigenvalue weighted by atomic mass is 10.2. The fraction of sp³-hybridized carbons (Fsp3) is 0.833. The smallest absolute Gasteiger partial charge is 0.410 e. The maximum absolute atomic E-state index is 12.0. The van der Waals surface area contributed by atoms with Crippen molar-refractivity contribution in [1.29, 1.82) is 0 Å². The van der Waals surface area contributed by atoms with Crippen molar-refractivity contribution in [3.05, 3.63) is 0 Å². The number of nitrogens with one attached hydrogen (secondary N) is 1. The van der Waals surface area contributed by atoms with Crippen LogP contribution < -0.4 is 5.32 Å². The van der Waals surface area contributed by atoms with Crippen molar-refractivity contribution in [2.75, 3.05) is 33.2 Å². The van der Waals surface area contributed by atoms with Crippen LogP contribution in [0.5, 0.6) is 0 Å². The standard InChI is InChI=1S/C12H22N4O2/c1-12(2,3)18-11(17)15-5-6-16-9(8-15)7-14-10(16)13-4/h9H,5-8H2,1-4H3,(H,13,14). The van der Waals surface area contributed by atoms with Gasteiger partial charge in [-0.25, -0.2) is 4.79 Å². The lowest BCUT2D eigenvalue weighted by Gasteiger charge is -2.37. The Labute approximate surface area is 108 Å². The molecule has 2 saturated heterocycles. The predicted octanol–water partition coefficient (Wildman–Crippen LogP) is 0.497. The van der Waals surface area contributed by atoms with Crippen molar-refractivity contribution in [3.8, 4) is 0 Å². The van der Waals surface area contributed by atoms with Gasteiger partial charge in [0.1, 0.15) is 5.60 Å². The minimum absolute atomic E-state index is 0.218. The molecule has 6 heteroatoms. The number of aliphatic imine (C=N–C) groups is 1. The van der Waals surface area contributed by atoms with Crippen LogP contribution >= 0.6 is 0 Å². The summed E-state index contributed by atoms with van der Waals surface area (Å²) in [7, 11) is 1.78. The molecule has 2 heterocycles. The van der Waals surface area contributed by atoms with E-state index in [0.29, 0.717) is 19.1 Å². The number of carbonyl (C=O) groups is 1. The second kappa shape index (κ2) is 4.66. The number of guanidine groups is 1. The third kappa shape index (κ3) is 2.68. The predicted molar refractivity (Wildman–Crippen MR) is 69.7 cm³/mol. The van der Waals surface area contributed by atoms with Gasteiger partial charge in [0, 0.05) is 33.2 Å². The molecule has 0 aromatic carbocycles. The van der Waals surface area contributed by atoms with Crippen LogP contribution in [0.4, 0.5) is 4.79 Å². The van der Waals surface area contributed by atoms with Crippen LogP contribution in [0.2, 0.25) is 0 Å². The van der Waals surface area contributed by atoms with E-state index in [4.69, 9.17) is 4.74 Å². The molecule has 1 atom stereocenters. The summed E-state index contributed by atoms with van der Waals surface area (Å²) in [5.41, 5.74) is -0.432. The van der Waals surface area contributed by atoms with Gasteiger partial charge in [0.15, 0.2) is 5.96 Å². The summed E-state index contributed by atoms with van der Waals surface area (Å²) in [6.07, 6.45) is -0.218. The number of carbonyl (C=O) groups excluding carboxylic acids is 1. The number of rotatable bonds is 0. The topological polar surface area (TPSA) is 57.2 Å². The van der Waals surface area contributed by atoms with Gasteiger partial charge in [0.2, 0.25) is 0 Å². The molecule has 1 N–H and O–H groups in total. The van der Waals surface area contributed by atoms with E-state index in [2.05, 4.69) is 15.2 Å². The number of hydrogen-bond acceptors (Lipinski definition) is 3. The maximum Gasteiger partial charge on any atom is 0.410 e. The molecule has 0 aromatic heterocycles. The van der Waals surface area contributed by atoms with Gasteiger partial charge in [-0.2, -0.15) is 0 Å². The highest BCUT2D eigenvalue weighted by Crippen LogP contribution is 2.17. The summed E-state index contributed by atoms with van der Waals surface area (Å²) in [6.45, 7) is 8.70. The first-order chi connectivity index (χ1) is 8.40. The number of hydrogen-bond donors (Lipinski definition) is 1. The zero-order valence-electron chi connectivity index (χ0n) is 11.6. The zero-order chi connectivity index (χ0) is 13.3. The van der Waals surface area contributed by atoms with Crippen molar-refractivity contribution in [2.45, 2.75) is 32.4 Å².